The van der Waals surface area contributed by atoms with E-state index < -0.39 is 15.6 Å². The maximum absolute atomic E-state index is 12.4. The Morgan fingerprint density at radius 2 is 1.74 bits per heavy atom. The Hall–Kier alpha value is 0.190. The monoisotopic (exact) mass is 387 g/mol. The Kier molecular flexibility index (Phi) is 5.72. The summed E-state index contributed by atoms with van der Waals surface area (Å²) in [7, 11) is -3.75. The van der Waals surface area contributed by atoms with Gasteiger partial charge in [0.2, 0.25) is 10.0 Å². The Balaban J connectivity index is 3.22. The fourth-order valence-electron chi connectivity index (χ4n) is 1.88. The molecular formula is C12H16BrCl2NO2S. The molecule has 3 nitrogen and oxygen atoms in total. The highest BCUT2D eigenvalue weighted by Gasteiger charge is 2.29. The molecule has 0 heterocycles. The highest BCUT2D eigenvalue weighted by atomic mass is 79.9. The van der Waals surface area contributed by atoms with E-state index in [0.717, 1.165) is 12.8 Å². The topological polar surface area (TPSA) is 46.2 Å². The van der Waals surface area contributed by atoms with Crippen LogP contribution in [0.1, 0.15) is 33.6 Å². The van der Waals surface area contributed by atoms with Crippen LogP contribution in [0.2, 0.25) is 10.0 Å². The van der Waals surface area contributed by atoms with Gasteiger partial charge in [-0.3, -0.25) is 0 Å². The largest absolute Gasteiger partial charge is 0.244 e. The van der Waals surface area contributed by atoms with Crippen molar-refractivity contribution >= 4 is 49.2 Å². The summed E-state index contributed by atoms with van der Waals surface area (Å²) in [5, 5.41) is 0.193. The average molecular weight is 389 g/mol. The fourth-order valence-corrected chi connectivity index (χ4v) is 5.26. The summed E-state index contributed by atoms with van der Waals surface area (Å²) in [6.45, 7) is 5.65. The molecule has 0 unspecified atom stereocenters. The van der Waals surface area contributed by atoms with Gasteiger partial charge in [0.15, 0.2) is 0 Å². The van der Waals surface area contributed by atoms with E-state index in [0.29, 0.717) is 4.47 Å². The molecule has 0 amide bonds. The maximum Gasteiger partial charge on any atom is 0.244 e. The summed E-state index contributed by atoms with van der Waals surface area (Å²) in [6, 6.07) is 3.02. The van der Waals surface area contributed by atoms with Gasteiger partial charge >= 0.3 is 0 Å². The van der Waals surface area contributed by atoms with E-state index in [-0.39, 0.29) is 14.9 Å². The number of halogens is 3. The highest BCUT2D eigenvalue weighted by Crippen LogP contribution is 2.33. The van der Waals surface area contributed by atoms with Crippen LogP contribution in [-0.4, -0.2) is 14.0 Å². The first-order chi connectivity index (χ1) is 8.59. The van der Waals surface area contributed by atoms with Gasteiger partial charge in [0.1, 0.15) is 4.90 Å². The predicted molar refractivity (Wildman–Crippen MR) is 83.5 cm³/mol. The lowest BCUT2D eigenvalue weighted by atomic mass is 10.0. The quantitative estimate of drug-likeness (QED) is 0.800. The van der Waals surface area contributed by atoms with Crippen LogP contribution in [0.4, 0.5) is 0 Å². The third-order valence-corrected chi connectivity index (χ3v) is 5.59. The zero-order valence-electron chi connectivity index (χ0n) is 10.9. The minimum atomic E-state index is -3.75. The smallest absolute Gasteiger partial charge is 0.207 e. The van der Waals surface area contributed by atoms with Crippen LogP contribution in [-0.2, 0) is 10.0 Å². The van der Waals surface area contributed by atoms with Crippen molar-refractivity contribution in [2.45, 2.75) is 44.0 Å². The van der Waals surface area contributed by atoms with Crippen LogP contribution in [0.3, 0.4) is 0 Å². The number of rotatable bonds is 5. The zero-order chi connectivity index (χ0) is 14.8. The van der Waals surface area contributed by atoms with Crippen molar-refractivity contribution in [3.05, 3.63) is 26.7 Å². The molecule has 0 aliphatic rings. The van der Waals surface area contributed by atoms with Gasteiger partial charge in [0.05, 0.1) is 10.0 Å². The van der Waals surface area contributed by atoms with Gasteiger partial charge in [-0.05, 0) is 32.4 Å². The van der Waals surface area contributed by atoms with Gasteiger partial charge in [-0.25, -0.2) is 13.1 Å². The van der Waals surface area contributed by atoms with E-state index in [4.69, 9.17) is 23.2 Å². The Morgan fingerprint density at radius 1 is 1.26 bits per heavy atom. The van der Waals surface area contributed by atoms with Crippen LogP contribution >= 0.6 is 39.1 Å². The Morgan fingerprint density at radius 3 is 2.16 bits per heavy atom. The normalized spacial score (nSPS) is 12.7. The third-order valence-electron chi connectivity index (χ3n) is 2.52. The number of hydrogen-bond acceptors (Lipinski definition) is 2. The highest BCUT2D eigenvalue weighted by molar-refractivity contribution is 9.10. The molecular weight excluding hydrogens is 373 g/mol. The molecule has 1 N–H and O–H groups in total. The molecule has 1 aromatic carbocycles. The number of nitrogens with one attached hydrogen (secondary N) is 1. The molecule has 0 aliphatic heterocycles. The molecule has 0 atom stereocenters. The molecule has 19 heavy (non-hydrogen) atoms. The van der Waals surface area contributed by atoms with Crippen molar-refractivity contribution in [1.29, 1.82) is 0 Å². The molecule has 0 saturated heterocycles. The number of benzene rings is 1. The third kappa shape index (κ3) is 4.60. The van der Waals surface area contributed by atoms with Gasteiger partial charge in [0, 0.05) is 10.0 Å². The molecule has 7 heteroatoms. The second-order valence-electron chi connectivity index (χ2n) is 4.94. The summed E-state index contributed by atoms with van der Waals surface area (Å²) < 4.78 is 28.0. The molecule has 108 valence electrons. The van der Waals surface area contributed by atoms with Crippen molar-refractivity contribution in [3.63, 3.8) is 0 Å². The van der Waals surface area contributed by atoms with E-state index in [9.17, 15) is 8.42 Å². The summed E-state index contributed by atoms with van der Waals surface area (Å²) in [6.07, 6.45) is 1.59. The van der Waals surface area contributed by atoms with Crippen LogP contribution < -0.4 is 4.72 Å². The van der Waals surface area contributed by atoms with Crippen LogP contribution in [0.5, 0.6) is 0 Å². The zero-order valence-corrected chi connectivity index (χ0v) is 14.8. The SMILES string of the molecule is CCCC(C)(C)NS(=O)(=O)c1c(Cl)cc(Br)cc1Cl. The standard InChI is InChI=1S/C12H16BrCl2NO2S/c1-4-5-12(2,3)16-19(17,18)11-9(14)6-8(13)7-10(11)15/h6-7,16H,4-5H2,1-3H3. The Bertz CT molecular complexity index is 550. The summed E-state index contributed by atoms with van der Waals surface area (Å²) in [5.74, 6) is 0. The van der Waals surface area contributed by atoms with E-state index in [1.54, 1.807) is 0 Å². The van der Waals surface area contributed by atoms with E-state index in [2.05, 4.69) is 20.7 Å². The lowest BCUT2D eigenvalue weighted by molar-refractivity contribution is 0.418. The van der Waals surface area contributed by atoms with Gasteiger partial charge in [0.25, 0.3) is 0 Å². The fraction of sp³-hybridized carbons (Fsp3) is 0.500. The lowest BCUT2D eigenvalue weighted by Crippen LogP contribution is -2.43. The maximum atomic E-state index is 12.4. The van der Waals surface area contributed by atoms with Gasteiger partial charge < -0.3 is 0 Å². The van der Waals surface area contributed by atoms with Crippen molar-refractivity contribution < 1.29 is 8.42 Å². The summed E-state index contributed by atoms with van der Waals surface area (Å²) >= 11 is 15.2. The molecule has 0 fully saturated rings. The van der Waals surface area contributed by atoms with Gasteiger partial charge in [-0.1, -0.05) is 52.5 Å². The lowest BCUT2D eigenvalue weighted by Gasteiger charge is -2.26. The second kappa shape index (κ2) is 6.31. The van der Waals surface area contributed by atoms with Crippen molar-refractivity contribution in [3.8, 4) is 0 Å². The molecule has 1 rings (SSSR count). The molecule has 0 spiro atoms. The average Bonchev–Trinajstić information content (AvgIpc) is 2.11. The minimum Gasteiger partial charge on any atom is -0.207 e. The van der Waals surface area contributed by atoms with Crippen LogP contribution in [0.25, 0.3) is 0 Å². The molecule has 0 aliphatic carbocycles. The minimum absolute atomic E-state index is 0.0804. The van der Waals surface area contributed by atoms with Crippen molar-refractivity contribution in [2.75, 3.05) is 0 Å². The molecule has 0 aromatic heterocycles. The Labute approximate surface area is 132 Å². The second-order valence-corrected chi connectivity index (χ2v) is 8.29. The molecule has 1 aromatic rings. The van der Waals surface area contributed by atoms with E-state index in [1.807, 2.05) is 20.8 Å². The van der Waals surface area contributed by atoms with Crippen LogP contribution in [0.15, 0.2) is 21.5 Å². The number of sulfonamides is 1. The molecule has 0 bridgehead atoms. The first-order valence-corrected chi connectivity index (χ1v) is 8.81. The molecule has 0 radical (unpaired) electrons. The van der Waals surface area contributed by atoms with Crippen LogP contribution in [0, 0.1) is 0 Å². The van der Waals surface area contributed by atoms with E-state index >= 15 is 0 Å². The summed E-state index contributed by atoms with van der Waals surface area (Å²) in [5.41, 5.74) is -0.548. The van der Waals surface area contributed by atoms with Crippen molar-refractivity contribution in [2.24, 2.45) is 0 Å². The number of hydrogen-bond donors (Lipinski definition) is 1. The predicted octanol–water partition coefficient (Wildman–Crippen LogP) is 4.61. The first-order valence-electron chi connectivity index (χ1n) is 5.77. The molecule has 0 saturated carbocycles. The van der Waals surface area contributed by atoms with Crippen molar-refractivity contribution in [1.82, 2.24) is 4.72 Å². The first kappa shape index (κ1) is 17.2. The van der Waals surface area contributed by atoms with E-state index in [1.165, 1.54) is 12.1 Å². The van der Waals surface area contributed by atoms with Gasteiger partial charge in [-0.2, -0.15) is 0 Å². The van der Waals surface area contributed by atoms with Gasteiger partial charge in [-0.15, -0.1) is 0 Å². The summed E-state index contributed by atoms with van der Waals surface area (Å²) in [4.78, 5) is -0.0804.